The van der Waals surface area contributed by atoms with E-state index in [-0.39, 0.29) is 23.9 Å². The molecule has 1 unspecified atom stereocenters. The number of carbonyl (C=O) groups is 1. The summed E-state index contributed by atoms with van der Waals surface area (Å²) < 4.78 is 71.9. The Hall–Kier alpha value is -3.09. The van der Waals surface area contributed by atoms with Gasteiger partial charge < -0.3 is 9.92 Å². The van der Waals surface area contributed by atoms with Crippen LogP contribution < -0.4 is 5.73 Å². The van der Waals surface area contributed by atoms with Crippen molar-refractivity contribution in [3.05, 3.63) is 41.3 Å². The molecule has 0 bridgehead atoms. The van der Waals surface area contributed by atoms with E-state index >= 15 is 0 Å². The second-order valence-corrected chi connectivity index (χ2v) is 9.51. The summed E-state index contributed by atoms with van der Waals surface area (Å²) in [4.78, 5) is 15.1. The van der Waals surface area contributed by atoms with Gasteiger partial charge in [0.25, 0.3) is 0 Å². The van der Waals surface area contributed by atoms with Gasteiger partial charge in [0, 0.05) is 30.4 Å². The van der Waals surface area contributed by atoms with Gasteiger partial charge in [-0.05, 0) is 31.9 Å². The predicted molar refractivity (Wildman–Crippen MR) is 114 cm³/mol. The number of rotatable bonds is 8. The number of halogens is 3. The van der Waals surface area contributed by atoms with Gasteiger partial charge in [0.15, 0.2) is 0 Å². The van der Waals surface area contributed by atoms with Gasteiger partial charge >= 0.3 is 22.4 Å². The highest BCUT2D eigenvalue weighted by Crippen LogP contribution is 2.32. The largest absolute Gasteiger partial charge is 0.420 e. The number of fused-ring (bicyclic) bond motifs is 1. The van der Waals surface area contributed by atoms with Crippen molar-refractivity contribution in [3.8, 4) is 5.82 Å². The Kier molecular flexibility index (Phi) is 6.73. The summed E-state index contributed by atoms with van der Waals surface area (Å²) in [6.07, 6.45) is -2.18. The second-order valence-electron chi connectivity index (χ2n) is 7.70. The van der Waals surface area contributed by atoms with Gasteiger partial charge in [0.2, 0.25) is 0 Å². The molecule has 3 heterocycles. The molecular formula is C20H24F3N5O4S. The van der Waals surface area contributed by atoms with Crippen LogP contribution in [0.4, 0.5) is 18.0 Å². The predicted octanol–water partition coefficient (Wildman–Crippen LogP) is 3.61. The number of unbranched alkanes of at least 4 members (excludes halogenated alkanes) is 1. The number of alkyl halides is 3. The monoisotopic (exact) mass is 487 g/mol. The van der Waals surface area contributed by atoms with E-state index in [0.717, 1.165) is 18.7 Å². The van der Waals surface area contributed by atoms with Crippen LogP contribution in [0.5, 0.6) is 0 Å². The molecule has 0 radical (unpaired) electrons. The normalized spacial score (nSPS) is 13.4. The lowest BCUT2D eigenvalue weighted by Crippen LogP contribution is -2.30. The van der Waals surface area contributed by atoms with Crippen LogP contribution in [0.25, 0.3) is 16.9 Å². The zero-order valence-electron chi connectivity index (χ0n) is 18.3. The first-order valence-electron chi connectivity index (χ1n) is 10.1. The number of carbonyl (C=O) groups excluding carboxylic acids is 1. The maximum absolute atomic E-state index is 13.1. The molecule has 0 aliphatic carbocycles. The standard InChI is InChI=1S/C20H24F3N5O4S/c1-4-5-6-15(33(30,31)32-19(24)29)10-16-12(2)26-27(3)18(16)28-8-7-13-9-14(20(21,22)23)11-25-17(13)28/h7-9,11,15H,4-6,10H2,1-3H3,(H2,24,29). The molecule has 13 heteroatoms. The Balaban J connectivity index is 2.09. The number of hydrogen-bond donors (Lipinski definition) is 1. The third kappa shape index (κ3) is 5.13. The van der Waals surface area contributed by atoms with Crippen molar-refractivity contribution in [2.45, 2.75) is 51.0 Å². The van der Waals surface area contributed by atoms with Gasteiger partial charge in [0.05, 0.1) is 11.3 Å². The molecule has 9 nitrogen and oxygen atoms in total. The van der Waals surface area contributed by atoms with E-state index in [1.165, 1.54) is 10.7 Å². The van der Waals surface area contributed by atoms with Crippen LogP contribution in [0.3, 0.4) is 0 Å². The maximum Gasteiger partial charge on any atom is 0.420 e. The highest BCUT2D eigenvalue weighted by Gasteiger charge is 2.33. The molecule has 3 rings (SSSR count). The SMILES string of the molecule is CCCCC(Cc1c(C)nn(C)c1-n1ccc2cc(C(F)(F)F)cnc21)S(=O)(=O)OC(N)=O. The second kappa shape index (κ2) is 9.04. The average molecular weight is 488 g/mol. The molecule has 3 aromatic heterocycles. The molecule has 0 aliphatic heterocycles. The quantitative estimate of drug-likeness (QED) is 0.485. The molecule has 33 heavy (non-hydrogen) atoms. The van der Waals surface area contributed by atoms with Gasteiger partial charge in [-0.1, -0.05) is 19.8 Å². The lowest BCUT2D eigenvalue weighted by atomic mass is 10.1. The topological polar surface area (TPSA) is 122 Å². The third-order valence-electron chi connectivity index (χ3n) is 5.31. The van der Waals surface area contributed by atoms with Crippen LogP contribution in [0.15, 0.2) is 24.5 Å². The zero-order chi connectivity index (χ0) is 24.6. The summed E-state index contributed by atoms with van der Waals surface area (Å²) in [6, 6.07) is 2.49. The minimum atomic E-state index is -4.53. The number of aromatic nitrogens is 4. The first-order chi connectivity index (χ1) is 15.3. The molecule has 180 valence electrons. The molecule has 3 aromatic rings. The first-order valence-corrected chi connectivity index (χ1v) is 11.6. The zero-order valence-corrected chi connectivity index (χ0v) is 19.1. The molecule has 2 N–H and O–H groups in total. The van der Waals surface area contributed by atoms with Crippen LogP contribution in [0, 0.1) is 6.92 Å². The Morgan fingerprint density at radius 3 is 2.64 bits per heavy atom. The summed E-state index contributed by atoms with van der Waals surface area (Å²) in [6.45, 7) is 3.59. The van der Waals surface area contributed by atoms with Gasteiger partial charge in [0.1, 0.15) is 16.7 Å². The number of amides is 1. The van der Waals surface area contributed by atoms with Gasteiger partial charge in [-0.3, -0.25) is 9.25 Å². The molecule has 1 amide bonds. The summed E-state index contributed by atoms with van der Waals surface area (Å²) in [7, 11) is -2.67. The molecular weight excluding hydrogens is 463 g/mol. The Labute approximate surface area is 188 Å². The Morgan fingerprint density at radius 2 is 2.03 bits per heavy atom. The first kappa shape index (κ1) is 24.6. The van der Waals surface area contributed by atoms with Crippen molar-refractivity contribution in [2.24, 2.45) is 12.8 Å². The number of nitrogens with zero attached hydrogens (tertiary/aromatic N) is 4. The van der Waals surface area contributed by atoms with E-state index in [1.807, 2.05) is 6.92 Å². The number of aryl methyl sites for hydroxylation is 2. The molecule has 0 aromatic carbocycles. The highest BCUT2D eigenvalue weighted by atomic mass is 32.2. The van der Waals surface area contributed by atoms with Crippen molar-refractivity contribution in [2.75, 3.05) is 0 Å². The third-order valence-corrected chi connectivity index (χ3v) is 6.93. The summed E-state index contributed by atoms with van der Waals surface area (Å²) in [5.74, 6) is 0.450. The molecule has 0 saturated carbocycles. The lowest BCUT2D eigenvalue weighted by molar-refractivity contribution is -0.137. The van der Waals surface area contributed by atoms with Crippen LogP contribution in [0.2, 0.25) is 0 Å². The van der Waals surface area contributed by atoms with E-state index in [2.05, 4.69) is 14.3 Å². The van der Waals surface area contributed by atoms with Gasteiger partial charge in [-0.2, -0.15) is 26.7 Å². The minimum Gasteiger partial charge on any atom is -0.334 e. The van der Waals surface area contributed by atoms with Gasteiger partial charge in [-0.25, -0.2) is 9.78 Å². The molecule has 1 atom stereocenters. The number of pyridine rings is 1. The average Bonchev–Trinajstić information content (AvgIpc) is 3.22. The van der Waals surface area contributed by atoms with Gasteiger partial charge in [-0.15, -0.1) is 0 Å². The van der Waals surface area contributed by atoms with E-state index in [1.54, 1.807) is 24.7 Å². The van der Waals surface area contributed by atoms with Crippen LogP contribution >= 0.6 is 0 Å². The van der Waals surface area contributed by atoms with Crippen LogP contribution in [-0.4, -0.2) is 39.1 Å². The summed E-state index contributed by atoms with van der Waals surface area (Å²) in [5, 5.41) is 3.56. The maximum atomic E-state index is 13.1. The van der Waals surface area contributed by atoms with Crippen molar-refractivity contribution >= 4 is 27.2 Å². The van der Waals surface area contributed by atoms with Crippen LogP contribution in [-0.2, 0) is 33.9 Å². The van der Waals surface area contributed by atoms with Crippen molar-refractivity contribution in [1.29, 1.82) is 0 Å². The summed E-state index contributed by atoms with van der Waals surface area (Å²) in [5.41, 5.74) is 5.38. The van der Waals surface area contributed by atoms with Crippen molar-refractivity contribution < 1.29 is 30.6 Å². The number of hydrogen-bond acceptors (Lipinski definition) is 6. The Bertz CT molecular complexity index is 1280. The molecule has 0 fully saturated rings. The van der Waals surface area contributed by atoms with E-state index in [4.69, 9.17) is 5.73 Å². The smallest absolute Gasteiger partial charge is 0.334 e. The number of primary amides is 1. The fraction of sp³-hybridized carbons (Fsp3) is 0.450. The fourth-order valence-electron chi connectivity index (χ4n) is 3.77. The summed E-state index contributed by atoms with van der Waals surface area (Å²) >= 11 is 0. The lowest BCUT2D eigenvalue weighted by Gasteiger charge is -2.17. The van der Waals surface area contributed by atoms with E-state index in [0.29, 0.717) is 23.5 Å². The number of nitrogens with two attached hydrogens (primary N) is 1. The van der Waals surface area contributed by atoms with E-state index in [9.17, 15) is 26.4 Å². The Morgan fingerprint density at radius 1 is 1.33 bits per heavy atom. The van der Waals surface area contributed by atoms with Crippen molar-refractivity contribution in [3.63, 3.8) is 0 Å². The highest BCUT2D eigenvalue weighted by molar-refractivity contribution is 7.87. The molecule has 0 aliphatic rings. The minimum absolute atomic E-state index is 0.0368. The fourth-order valence-corrected chi connectivity index (χ4v) is 4.96. The van der Waals surface area contributed by atoms with E-state index < -0.39 is 33.2 Å². The van der Waals surface area contributed by atoms with Crippen molar-refractivity contribution in [1.82, 2.24) is 19.3 Å². The molecule has 0 spiro atoms. The van der Waals surface area contributed by atoms with Crippen LogP contribution in [0.1, 0.15) is 43.0 Å². The molecule has 0 saturated heterocycles.